The molecule has 11 nitrogen and oxygen atoms in total. The van der Waals surface area contributed by atoms with Crippen LogP contribution >= 0.6 is 0 Å². The molecule has 0 saturated carbocycles. The van der Waals surface area contributed by atoms with Crippen LogP contribution in [0.15, 0.2) is 30.5 Å². The minimum absolute atomic E-state index is 0.146. The molecule has 1 aliphatic rings. The summed E-state index contributed by atoms with van der Waals surface area (Å²) in [6.07, 6.45) is 3.92. The second-order valence-electron chi connectivity index (χ2n) is 8.41. The van der Waals surface area contributed by atoms with Crippen LogP contribution in [-0.4, -0.2) is 77.2 Å². The number of ether oxygens (including phenoxy) is 1. The fraction of sp³-hybridized carbons (Fsp3) is 0.480. The molecule has 2 aromatic rings. The highest BCUT2D eigenvalue weighted by molar-refractivity contribution is 5.85. The summed E-state index contributed by atoms with van der Waals surface area (Å²) in [5, 5.41) is 12.9. The van der Waals surface area contributed by atoms with E-state index >= 15 is 0 Å². The lowest BCUT2D eigenvalue weighted by Crippen LogP contribution is -2.34. The monoisotopic (exact) mass is 498 g/mol. The lowest BCUT2D eigenvalue weighted by atomic mass is 10.1. The summed E-state index contributed by atoms with van der Waals surface area (Å²) in [5.74, 6) is 0.0515. The topological polar surface area (TPSA) is 128 Å². The SMILES string of the molecule is CCN(C=O)c1cnc(N(CC)CC)nc1NC(Cc1ccc(OC(=O)N2CCCC2)cc1)C(=O)O. The van der Waals surface area contributed by atoms with Crippen molar-refractivity contribution in [2.45, 2.75) is 46.1 Å². The number of rotatable bonds is 12. The van der Waals surface area contributed by atoms with Crippen LogP contribution in [0.25, 0.3) is 0 Å². The fourth-order valence-corrected chi connectivity index (χ4v) is 4.00. The second-order valence-corrected chi connectivity index (χ2v) is 8.41. The first-order valence-corrected chi connectivity index (χ1v) is 12.3. The van der Waals surface area contributed by atoms with Crippen molar-refractivity contribution in [1.82, 2.24) is 14.9 Å². The van der Waals surface area contributed by atoms with Gasteiger partial charge in [-0.3, -0.25) is 4.79 Å². The summed E-state index contributed by atoms with van der Waals surface area (Å²) in [6, 6.07) is 5.75. The maximum absolute atomic E-state index is 12.2. The summed E-state index contributed by atoms with van der Waals surface area (Å²) in [7, 11) is 0. The Bertz CT molecular complexity index is 1040. The van der Waals surface area contributed by atoms with Gasteiger partial charge in [0.1, 0.15) is 17.5 Å². The molecule has 0 aliphatic carbocycles. The maximum Gasteiger partial charge on any atom is 0.415 e. The lowest BCUT2D eigenvalue weighted by molar-refractivity contribution is -0.137. The van der Waals surface area contributed by atoms with Gasteiger partial charge >= 0.3 is 12.1 Å². The number of amides is 2. The maximum atomic E-state index is 12.2. The van der Waals surface area contributed by atoms with Gasteiger partial charge in [0.2, 0.25) is 12.4 Å². The van der Waals surface area contributed by atoms with Gasteiger partial charge in [0.15, 0.2) is 5.82 Å². The molecule has 0 radical (unpaired) electrons. The van der Waals surface area contributed by atoms with E-state index in [-0.39, 0.29) is 18.3 Å². The number of benzene rings is 1. The van der Waals surface area contributed by atoms with Gasteiger partial charge < -0.3 is 29.9 Å². The minimum atomic E-state index is -1.07. The Morgan fingerprint density at radius 1 is 1.14 bits per heavy atom. The average Bonchev–Trinajstić information content (AvgIpc) is 3.42. The molecule has 194 valence electrons. The number of nitrogens with one attached hydrogen (secondary N) is 1. The number of aliphatic carboxylic acids is 1. The number of nitrogens with zero attached hydrogens (tertiary/aromatic N) is 5. The van der Waals surface area contributed by atoms with E-state index in [0.29, 0.717) is 56.5 Å². The number of carbonyl (C=O) groups excluding carboxylic acids is 2. The molecule has 2 N–H and O–H groups in total. The van der Waals surface area contributed by atoms with E-state index < -0.39 is 12.0 Å². The molecule has 36 heavy (non-hydrogen) atoms. The third kappa shape index (κ3) is 6.61. The molecular formula is C25H34N6O5. The molecule has 1 atom stereocenters. The molecule has 2 heterocycles. The van der Waals surface area contributed by atoms with Crippen molar-refractivity contribution in [2.24, 2.45) is 0 Å². The van der Waals surface area contributed by atoms with Gasteiger partial charge in [-0.2, -0.15) is 4.98 Å². The highest BCUT2D eigenvalue weighted by Gasteiger charge is 2.24. The van der Waals surface area contributed by atoms with Crippen LogP contribution in [0.5, 0.6) is 5.75 Å². The van der Waals surface area contributed by atoms with Crippen molar-refractivity contribution >= 4 is 35.9 Å². The molecule has 1 aromatic carbocycles. The van der Waals surface area contributed by atoms with Gasteiger partial charge in [-0.15, -0.1) is 0 Å². The third-order valence-electron chi connectivity index (χ3n) is 6.12. The number of hydrogen-bond acceptors (Lipinski definition) is 8. The quantitative estimate of drug-likeness (QED) is 0.424. The fourth-order valence-electron chi connectivity index (χ4n) is 4.00. The number of carbonyl (C=O) groups is 3. The van der Waals surface area contributed by atoms with Crippen molar-refractivity contribution in [2.75, 3.05) is 47.8 Å². The first-order chi connectivity index (χ1) is 17.4. The van der Waals surface area contributed by atoms with E-state index in [0.717, 1.165) is 18.4 Å². The molecule has 1 aromatic heterocycles. The summed E-state index contributed by atoms with van der Waals surface area (Å²) in [5.41, 5.74) is 1.14. The van der Waals surface area contributed by atoms with Gasteiger partial charge in [0.25, 0.3) is 0 Å². The average molecular weight is 499 g/mol. The van der Waals surface area contributed by atoms with Crippen molar-refractivity contribution < 1.29 is 24.2 Å². The van der Waals surface area contributed by atoms with E-state index in [1.807, 2.05) is 25.7 Å². The zero-order valence-electron chi connectivity index (χ0n) is 21.0. The van der Waals surface area contributed by atoms with Crippen LogP contribution in [0.3, 0.4) is 0 Å². The minimum Gasteiger partial charge on any atom is -0.480 e. The Morgan fingerprint density at radius 3 is 2.36 bits per heavy atom. The summed E-state index contributed by atoms with van der Waals surface area (Å²) in [4.78, 5) is 49.9. The van der Waals surface area contributed by atoms with E-state index in [4.69, 9.17) is 4.74 Å². The molecule has 1 fully saturated rings. The van der Waals surface area contributed by atoms with Gasteiger partial charge in [0, 0.05) is 39.1 Å². The van der Waals surface area contributed by atoms with Crippen molar-refractivity contribution in [3.8, 4) is 5.75 Å². The highest BCUT2D eigenvalue weighted by atomic mass is 16.6. The number of anilines is 3. The molecule has 0 bridgehead atoms. The van der Waals surface area contributed by atoms with Gasteiger partial charge in [0.05, 0.1) is 6.20 Å². The zero-order valence-corrected chi connectivity index (χ0v) is 21.0. The molecule has 1 unspecified atom stereocenters. The van der Waals surface area contributed by atoms with Crippen LogP contribution < -0.4 is 19.9 Å². The van der Waals surface area contributed by atoms with Crippen LogP contribution in [0.2, 0.25) is 0 Å². The number of likely N-dealkylation sites (tertiary alicyclic amines) is 1. The van der Waals surface area contributed by atoms with E-state index in [2.05, 4.69) is 15.3 Å². The summed E-state index contributed by atoms with van der Waals surface area (Å²) >= 11 is 0. The molecule has 1 aliphatic heterocycles. The third-order valence-corrected chi connectivity index (χ3v) is 6.12. The first kappa shape index (κ1) is 26.7. The highest BCUT2D eigenvalue weighted by Crippen LogP contribution is 2.26. The van der Waals surface area contributed by atoms with Crippen molar-refractivity contribution in [3.05, 3.63) is 36.0 Å². The van der Waals surface area contributed by atoms with Crippen LogP contribution in [0.1, 0.15) is 39.2 Å². The van der Waals surface area contributed by atoms with Gasteiger partial charge in [-0.1, -0.05) is 12.1 Å². The van der Waals surface area contributed by atoms with E-state index in [1.54, 1.807) is 29.2 Å². The number of hydrogen-bond donors (Lipinski definition) is 2. The molecule has 2 amide bonds. The van der Waals surface area contributed by atoms with Crippen LogP contribution in [-0.2, 0) is 16.0 Å². The van der Waals surface area contributed by atoms with Gasteiger partial charge in [-0.05, 0) is 51.3 Å². The van der Waals surface area contributed by atoms with Gasteiger partial charge in [-0.25, -0.2) is 14.6 Å². The lowest BCUT2D eigenvalue weighted by Gasteiger charge is -2.25. The summed E-state index contributed by atoms with van der Waals surface area (Å²) < 4.78 is 5.42. The van der Waals surface area contributed by atoms with E-state index in [9.17, 15) is 19.5 Å². The molecule has 3 rings (SSSR count). The number of aromatic nitrogens is 2. The normalized spacial score (nSPS) is 13.7. The van der Waals surface area contributed by atoms with Crippen LogP contribution in [0, 0.1) is 0 Å². The van der Waals surface area contributed by atoms with Crippen molar-refractivity contribution in [1.29, 1.82) is 0 Å². The second kappa shape index (κ2) is 12.7. The number of carboxylic acids is 1. The predicted molar refractivity (Wildman–Crippen MR) is 137 cm³/mol. The molecular weight excluding hydrogens is 464 g/mol. The van der Waals surface area contributed by atoms with Crippen LogP contribution in [0.4, 0.5) is 22.2 Å². The summed E-state index contributed by atoms with van der Waals surface area (Å²) in [6.45, 7) is 8.89. The first-order valence-electron chi connectivity index (χ1n) is 12.3. The Morgan fingerprint density at radius 2 is 1.81 bits per heavy atom. The molecule has 11 heteroatoms. The van der Waals surface area contributed by atoms with E-state index in [1.165, 1.54) is 11.1 Å². The molecule has 0 spiro atoms. The molecule has 1 saturated heterocycles. The number of carboxylic acid groups (broad SMARTS) is 1. The smallest absolute Gasteiger partial charge is 0.415 e. The Labute approximate surface area is 211 Å². The Hall–Kier alpha value is -3.89. The largest absolute Gasteiger partial charge is 0.480 e. The zero-order chi connectivity index (χ0) is 26.1. The van der Waals surface area contributed by atoms with Crippen molar-refractivity contribution in [3.63, 3.8) is 0 Å². The Kier molecular flexibility index (Phi) is 9.43. The standard InChI is InChI=1S/C25H34N6O5/c1-4-29(5-2)24-26-16-21(30(6-3)17-32)22(28-24)27-20(23(33)34)15-18-9-11-19(12-10-18)36-25(35)31-13-7-8-14-31/h9-12,16-17,20H,4-8,13-15H2,1-3H3,(H,33,34)(H,26,27,28). The predicted octanol–water partition coefficient (Wildman–Crippen LogP) is 3.01. The Balaban J connectivity index is 1.78.